The number of aromatic nitrogens is 1. The first-order valence-corrected chi connectivity index (χ1v) is 9.32. The lowest BCUT2D eigenvalue weighted by Crippen LogP contribution is -2.48. The van der Waals surface area contributed by atoms with Crippen LogP contribution >= 0.6 is 0 Å². The van der Waals surface area contributed by atoms with E-state index in [1.165, 1.54) is 16.9 Å². The molecule has 1 aliphatic heterocycles. The first-order valence-electron chi connectivity index (χ1n) is 9.32. The number of furan rings is 1. The molecular weight excluding hydrogens is 334 g/mol. The van der Waals surface area contributed by atoms with E-state index in [0.29, 0.717) is 0 Å². The minimum atomic E-state index is -0.213. The van der Waals surface area contributed by atoms with Crippen molar-refractivity contribution in [3.63, 3.8) is 0 Å². The predicted octanol–water partition coefficient (Wildman–Crippen LogP) is 5.92. The van der Waals surface area contributed by atoms with Gasteiger partial charge in [0.05, 0.1) is 22.8 Å². The Morgan fingerprint density at radius 2 is 1.59 bits per heavy atom. The number of aryl methyl sites for hydroxylation is 2. The molecule has 0 fully saturated rings. The van der Waals surface area contributed by atoms with E-state index in [0.717, 1.165) is 33.3 Å². The van der Waals surface area contributed by atoms with Gasteiger partial charge >= 0.3 is 0 Å². The van der Waals surface area contributed by atoms with Crippen LogP contribution in [0.15, 0.2) is 53.1 Å². The maximum Gasteiger partial charge on any atom is 0.159 e. The summed E-state index contributed by atoms with van der Waals surface area (Å²) in [5.74, 6) is 0. The average Bonchev–Trinajstić information content (AvgIpc) is 3.11. The largest absolute Gasteiger partial charge is 0.452 e. The van der Waals surface area contributed by atoms with E-state index >= 15 is 0 Å². The Labute approximate surface area is 159 Å². The highest BCUT2D eigenvalue weighted by molar-refractivity contribution is 6.11. The SMILES string of the molecule is Cc1ccc2c(oc3c(C)nccc32)c1N1c2ccccc2N(C)C1(C)C. The second kappa shape index (κ2) is 5.26. The molecule has 0 aliphatic carbocycles. The van der Waals surface area contributed by atoms with Crippen molar-refractivity contribution in [1.29, 1.82) is 0 Å². The summed E-state index contributed by atoms with van der Waals surface area (Å²) in [7, 11) is 2.15. The second-order valence-electron chi connectivity index (χ2n) is 7.86. The average molecular weight is 357 g/mol. The fraction of sp³-hybridized carbons (Fsp3) is 0.261. The molecule has 0 saturated carbocycles. The Hall–Kier alpha value is -3.01. The van der Waals surface area contributed by atoms with Crippen LogP contribution in [-0.4, -0.2) is 17.7 Å². The van der Waals surface area contributed by atoms with Gasteiger partial charge in [0.15, 0.2) is 11.2 Å². The summed E-state index contributed by atoms with van der Waals surface area (Å²) in [4.78, 5) is 9.15. The normalized spacial score (nSPS) is 15.7. The van der Waals surface area contributed by atoms with Crippen molar-refractivity contribution in [2.75, 3.05) is 16.8 Å². The zero-order valence-electron chi connectivity index (χ0n) is 16.4. The highest BCUT2D eigenvalue weighted by atomic mass is 16.3. The Morgan fingerprint density at radius 3 is 2.37 bits per heavy atom. The molecule has 0 unspecified atom stereocenters. The molecular formula is C23H23N3O. The van der Waals surface area contributed by atoms with Crippen molar-refractivity contribution in [1.82, 2.24) is 4.98 Å². The summed E-state index contributed by atoms with van der Waals surface area (Å²) < 4.78 is 6.43. The highest BCUT2D eigenvalue weighted by Gasteiger charge is 2.42. The quantitative estimate of drug-likeness (QED) is 0.423. The minimum Gasteiger partial charge on any atom is -0.452 e. The summed E-state index contributed by atoms with van der Waals surface area (Å²) in [6.45, 7) is 8.66. The van der Waals surface area contributed by atoms with Crippen molar-refractivity contribution in [3.05, 3.63) is 59.9 Å². The molecule has 4 aromatic rings. The molecule has 0 bridgehead atoms. The topological polar surface area (TPSA) is 32.5 Å². The number of fused-ring (bicyclic) bond motifs is 4. The lowest BCUT2D eigenvalue weighted by molar-refractivity contribution is 0.519. The van der Waals surface area contributed by atoms with Crippen LogP contribution in [-0.2, 0) is 0 Å². The van der Waals surface area contributed by atoms with Crippen LogP contribution < -0.4 is 9.80 Å². The molecule has 0 spiro atoms. The number of hydrogen-bond donors (Lipinski definition) is 0. The van der Waals surface area contributed by atoms with E-state index in [2.05, 4.69) is 79.0 Å². The second-order valence-corrected chi connectivity index (χ2v) is 7.86. The Morgan fingerprint density at radius 1 is 0.889 bits per heavy atom. The number of para-hydroxylation sites is 2. The first-order chi connectivity index (χ1) is 12.9. The first kappa shape index (κ1) is 16.2. The summed E-state index contributed by atoms with van der Waals surface area (Å²) >= 11 is 0. The molecule has 0 amide bonds. The molecule has 4 heteroatoms. The summed E-state index contributed by atoms with van der Waals surface area (Å²) in [5, 5.41) is 2.26. The fourth-order valence-electron chi connectivity index (χ4n) is 4.33. The van der Waals surface area contributed by atoms with Crippen LogP contribution in [0.3, 0.4) is 0 Å². The number of nitrogens with zero attached hydrogens (tertiary/aromatic N) is 3. The van der Waals surface area contributed by atoms with Crippen molar-refractivity contribution in [2.45, 2.75) is 33.4 Å². The van der Waals surface area contributed by atoms with Gasteiger partial charge in [-0.3, -0.25) is 4.98 Å². The van der Waals surface area contributed by atoms with Crippen molar-refractivity contribution < 1.29 is 4.42 Å². The van der Waals surface area contributed by atoms with Gasteiger partial charge in [-0.15, -0.1) is 0 Å². The van der Waals surface area contributed by atoms with Gasteiger partial charge in [0.1, 0.15) is 5.66 Å². The van der Waals surface area contributed by atoms with Gasteiger partial charge < -0.3 is 14.2 Å². The Bertz CT molecular complexity index is 1210. The van der Waals surface area contributed by atoms with Gasteiger partial charge in [-0.05, 0) is 51.5 Å². The summed E-state index contributed by atoms with van der Waals surface area (Å²) in [6, 6.07) is 15.0. The molecule has 0 N–H and O–H groups in total. The van der Waals surface area contributed by atoms with Crippen molar-refractivity contribution in [2.24, 2.45) is 0 Å². The number of pyridine rings is 1. The molecule has 2 aromatic carbocycles. The van der Waals surface area contributed by atoms with Gasteiger partial charge in [0.25, 0.3) is 0 Å². The Kier molecular flexibility index (Phi) is 3.15. The van der Waals surface area contributed by atoms with E-state index in [4.69, 9.17) is 4.42 Å². The molecule has 1 aliphatic rings. The number of anilines is 3. The standard InChI is InChI=1S/C23H23N3O/c1-14-10-11-16-17-12-13-24-15(2)21(17)27-22(16)20(14)26-19-9-7-6-8-18(19)25(5)23(26,3)4/h6-13H,1-5H3. The van der Waals surface area contributed by atoms with E-state index in [-0.39, 0.29) is 5.66 Å². The van der Waals surface area contributed by atoms with E-state index in [1.807, 2.05) is 19.2 Å². The third kappa shape index (κ3) is 2.01. The van der Waals surface area contributed by atoms with Gasteiger partial charge in [-0.2, -0.15) is 0 Å². The van der Waals surface area contributed by atoms with E-state index in [1.54, 1.807) is 0 Å². The smallest absolute Gasteiger partial charge is 0.159 e. The van der Waals surface area contributed by atoms with Gasteiger partial charge in [-0.25, -0.2) is 0 Å². The molecule has 2 aromatic heterocycles. The van der Waals surface area contributed by atoms with Crippen LogP contribution in [0.4, 0.5) is 17.1 Å². The van der Waals surface area contributed by atoms with Gasteiger partial charge in [0, 0.05) is 24.0 Å². The zero-order valence-corrected chi connectivity index (χ0v) is 16.4. The Balaban J connectivity index is 1.89. The lowest BCUT2D eigenvalue weighted by atomic mass is 10.0. The molecule has 4 nitrogen and oxygen atoms in total. The predicted molar refractivity (Wildman–Crippen MR) is 112 cm³/mol. The molecule has 0 radical (unpaired) electrons. The third-order valence-corrected chi connectivity index (χ3v) is 5.99. The van der Waals surface area contributed by atoms with Crippen LogP contribution in [0.25, 0.3) is 21.9 Å². The van der Waals surface area contributed by atoms with Crippen LogP contribution in [0.1, 0.15) is 25.1 Å². The molecule has 0 atom stereocenters. The van der Waals surface area contributed by atoms with E-state index < -0.39 is 0 Å². The monoisotopic (exact) mass is 357 g/mol. The number of rotatable bonds is 1. The molecule has 5 rings (SSSR count). The minimum absolute atomic E-state index is 0.213. The van der Waals surface area contributed by atoms with Crippen LogP contribution in [0.5, 0.6) is 0 Å². The molecule has 136 valence electrons. The molecule has 0 saturated heterocycles. The number of hydrogen-bond acceptors (Lipinski definition) is 4. The van der Waals surface area contributed by atoms with E-state index in [9.17, 15) is 0 Å². The maximum atomic E-state index is 6.43. The van der Waals surface area contributed by atoms with Crippen molar-refractivity contribution in [3.8, 4) is 0 Å². The molecule has 27 heavy (non-hydrogen) atoms. The maximum absolute atomic E-state index is 6.43. The van der Waals surface area contributed by atoms with Gasteiger partial charge in [0.2, 0.25) is 0 Å². The molecule has 3 heterocycles. The van der Waals surface area contributed by atoms with Crippen LogP contribution in [0, 0.1) is 13.8 Å². The highest BCUT2D eigenvalue weighted by Crippen LogP contribution is 2.51. The van der Waals surface area contributed by atoms with Crippen molar-refractivity contribution >= 4 is 39.0 Å². The third-order valence-electron chi connectivity index (χ3n) is 5.99. The summed E-state index contributed by atoms with van der Waals surface area (Å²) in [6.07, 6.45) is 1.86. The zero-order chi connectivity index (χ0) is 18.9. The van der Waals surface area contributed by atoms with Gasteiger partial charge in [-0.1, -0.05) is 24.3 Å². The van der Waals surface area contributed by atoms with Crippen LogP contribution in [0.2, 0.25) is 0 Å². The lowest BCUT2D eigenvalue weighted by Gasteiger charge is -2.39. The fourth-order valence-corrected chi connectivity index (χ4v) is 4.33. The number of benzene rings is 2. The summed E-state index contributed by atoms with van der Waals surface area (Å²) in [5.41, 5.74) is 7.27.